The Bertz CT molecular complexity index is 417. The maximum Gasteiger partial charge on any atom is 0.328 e. The number of nitrogen functional groups attached to an aromatic ring is 1. The first-order valence-corrected chi connectivity index (χ1v) is 3.85. The first-order chi connectivity index (χ1) is 6.61. The maximum atomic E-state index is 11.3. The van der Waals surface area contributed by atoms with Crippen molar-refractivity contribution in [3.05, 3.63) is 16.2 Å². The molecule has 1 aromatic heterocycles. The quantitative estimate of drug-likeness (QED) is 0.503. The fourth-order valence-electron chi connectivity index (χ4n) is 1.10. The summed E-state index contributed by atoms with van der Waals surface area (Å²) in [6.07, 6.45) is 0.515. The van der Waals surface area contributed by atoms with Gasteiger partial charge in [0.25, 0.3) is 5.91 Å². The number of nitrogens with two attached hydrogens (primary N) is 1. The highest BCUT2D eigenvalue weighted by molar-refractivity contribution is 5.96. The SMILES string of the molecule is CNC(=O)c1c(N)[nH]c(=O)n1CC=O. The first kappa shape index (κ1) is 10.0. The van der Waals surface area contributed by atoms with Crippen LogP contribution in [0.3, 0.4) is 0 Å². The smallest absolute Gasteiger partial charge is 0.328 e. The van der Waals surface area contributed by atoms with Gasteiger partial charge in [-0.25, -0.2) is 4.79 Å². The van der Waals surface area contributed by atoms with Crippen molar-refractivity contribution < 1.29 is 9.59 Å². The van der Waals surface area contributed by atoms with Gasteiger partial charge in [0.15, 0.2) is 5.69 Å². The van der Waals surface area contributed by atoms with Crippen LogP contribution in [0.5, 0.6) is 0 Å². The number of H-pyrrole nitrogens is 1. The number of carbonyl (C=O) groups is 2. The summed E-state index contributed by atoms with van der Waals surface area (Å²) in [7, 11) is 1.41. The lowest BCUT2D eigenvalue weighted by Gasteiger charge is -2.02. The first-order valence-electron chi connectivity index (χ1n) is 3.85. The predicted octanol–water partition coefficient (Wildman–Crippen LogP) is -1.68. The molecular weight excluding hydrogens is 188 g/mol. The van der Waals surface area contributed by atoms with E-state index in [0.29, 0.717) is 6.29 Å². The number of nitrogens with zero attached hydrogens (tertiary/aromatic N) is 1. The molecule has 0 fully saturated rings. The highest BCUT2D eigenvalue weighted by Crippen LogP contribution is 2.04. The molecule has 4 N–H and O–H groups in total. The lowest BCUT2D eigenvalue weighted by Crippen LogP contribution is -2.27. The van der Waals surface area contributed by atoms with Crippen LogP contribution in [-0.2, 0) is 11.3 Å². The van der Waals surface area contributed by atoms with E-state index in [0.717, 1.165) is 4.57 Å². The Kier molecular flexibility index (Phi) is 2.70. The van der Waals surface area contributed by atoms with E-state index in [-0.39, 0.29) is 18.1 Å². The summed E-state index contributed by atoms with van der Waals surface area (Å²) in [6, 6.07) is 0. The molecule has 14 heavy (non-hydrogen) atoms. The van der Waals surface area contributed by atoms with Crippen LogP contribution in [0, 0.1) is 0 Å². The summed E-state index contributed by atoms with van der Waals surface area (Å²) in [4.78, 5) is 34.9. The summed E-state index contributed by atoms with van der Waals surface area (Å²) in [5.74, 6) is -0.557. The van der Waals surface area contributed by atoms with Crippen LogP contribution in [0.4, 0.5) is 5.82 Å². The van der Waals surface area contributed by atoms with E-state index < -0.39 is 11.6 Å². The standard InChI is InChI=1S/C7H10N4O3/c1-9-6(13)4-5(8)10-7(14)11(4)2-3-12/h3H,2,8H2,1H3,(H,9,13)(H,10,14). The predicted molar refractivity (Wildman–Crippen MR) is 48.9 cm³/mol. The topological polar surface area (TPSA) is 110 Å². The van der Waals surface area contributed by atoms with Gasteiger partial charge in [-0.05, 0) is 0 Å². The van der Waals surface area contributed by atoms with Gasteiger partial charge in [0.1, 0.15) is 12.1 Å². The third kappa shape index (κ3) is 1.51. The molecule has 1 heterocycles. The van der Waals surface area contributed by atoms with Crippen molar-refractivity contribution >= 4 is 18.0 Å². The molecule has 76 valence electrons. The van der Waals surface area contributed by atoms with Gasteiger partial charge in [0.2, 0.25) is 0 Å². The van der Waals surface area contributed by atoms with Gasteiger partial charge in [-0.15, -0.1) is 0 Å². The molecule has 0 aliphatic rings. The molecule has 7 nitrogen and oxygen atoms in total. The Hall–Kier alpha value is -2.05. The number of carbonyl (C=O) groups excluding carboxylic acids is 2. The summed E-state index contributed by atoms with van der Waals surface area (Å²) >= 11 is 0. The zero-order valence-electron chi connectivity index (χ0n) is 7.53. The van der Waals surface area contributed by atoms with Crippen LogP contribution in [-0.4, -0.2) is 28.8 Å². The van der Waals surface area contributed by atoms with Crippen molar-refractivity contribution in [2.75, 3.05) is 12.8 Å². The number of aromatic nitrogens is 2. The number of hydrogen-bond donors (Lipinski definition) is 3. The molecule has 0 unspecified atom stereocenters. The van der Waals surface area contributed by atoms with Gasteiger partial charge < -0.3 is 15.8 Å². The van der Waals surface area contributed by atoms with E-state index >= 15 is 0 Å². The third-order valence-corrected chi connectivity index (χ3v) is 1.71. The Labute approximate surface area is 78.9 Å². The molecule has 0 aromatic carbocycles. The van der Waals surface area contributed by atoms with Crippen molar-refractivity contribution in [1.82, 2.24) is 14.9 Å². The number of anilines is 1. The maximum absolute atomic E-state index is 11.3. The molecule has 0 aliphatic heterocycles. The van der Waals surface area contributed by atoms with Crippen LogP contribution >= 0.6 is 0 Å². The van der Waals surface area contributed by atoms with Gasteiger partial charge >= 0.3 is 5.69 Å². The third-order valence-electron chi connectivity index (χ3n) is 1.71. The lowest BCUT2D eigenvalue weighted by molar-refractivity contribution is -0.108. The number of amides is 1. The van der Waals surface area contributed by atoms with Gasteiger partial charge in [-0.1, -0.05) is 0 Å². The van der Waals surface area contributed by atoms with E-state index in [9.17, 15) is 14.4 Å². The van der Waals surface area contributed by atoms with Crippen LogP contribution in [0.15, 0.2) is 4.79 Å². The minimum absolute atomic E-state index is 0.0235. The number of nitrogens with one attached hydrogen (secondary N) is 2. The van der Waals surface area contributed by atoms with Crippen LogP contribution < -0.4 is 16.7 Å². The number of rotatable bonds is 3. The molecule has 0 radical (unpaired) electrons. The zero-order valence-corrected chi connectivity index (χ0v) is 7.53. The number of aromatic amines is 1. The normalized spacial score (nSPS) is 9.79. The molecule has 1 amide bonds. The second kappa shape index (κ2) is 3.77. The van der Waals surface area contributed by atoms with Crippen LogP contribution in [0.1, 0.15) is 10.5 Å². The summed E-state index contributed by atoms with van der Waals surface area (Å²) in [5.41, 5.74) is 4.80. The highest BCUT2D eigenvalue weighted by Gasteiger charge is 2.17. The fraction of sp³-hybridized carbons (Fsp3) is 0.286. The second-order valence-electron chi connectivity index (χ2n) is 2.55. The average molecular weight is 198 g/mol. The van der Waals surface area contributed by atoms with Crippen molar-refractivity contribution in [1.29, 1.82) is 0 Å². The van der Waals surface area contributed by atoms with E-state index in [1.807, 2.05) is 0 Å². The molecule has 0 aliphatic carbocycles. The Morgan fingerprint density at radius 1 is 1.71 bits per heavy atom. The van der Waals surface area contributed by atoms with Crippen molar-refractivity contribution in [3.8, 4) is 0 Å². The molecule has 0 atom stereocenters. The van der Waals surface area contributed by atoms with Crippen molar-refractivity contribution in [2.24, 2.45) is 0 Å². The minimum Gasteiger partial charge on any atom is -0.383 e. The van der Waals surface area contributed by atoms with Crippen LogP contribution in [0.25, 0.3) is 0 Å². The van der Waals surface area contributed by atoms with Crippen molar-refractivity contribution in [3.63, 3.8) is 0 Å². The Morgan fingerprint density at radius 3 is 2.86 bits per heavy atom. The molecule has 1 rings (SSSR count). The Morgan fingerprint density at radius 2 is 2.36 bits per heavy atom. The summed E-state index contributed by atoms with van der Waals surface area (Å²) in [5, 5.41) is 2.32. The van der Waals surface area contributed by atoms with Gasteiger partial charge in [0, 0.05) is 7.05 Å². The number of hydrogen-bond acceptors (Lipinski definition) is 4. The molecule has 1 aromatic rings. The van der Waals surface area contributed by atoms with Crippen molar-refractivity contribution in [2.45, 2.75) is 6.54 Å². The van der Waals surface area contributed by atoms with Gasteiger partial charge in [0.05, 0.1) is 6.54 Å². The zero-order chi connectivity index (χ0) is 10.7. The summed E-state index contributed by atoms with van der Waals surface area (Å²) in [6.45, 7) is -0.199. The molecule has 0 saturated carbocycles. The minimum atomic E-state index is -0.576. The van der Waals surface area contributed by atoms with E-state index in [2.05, 4.69) is 10.3 Å². The molecule has 0 bridgehead atoms. The lowest BCUT2D eigenvalue weighted by atomic mass is 10.4. The molecule has 7 heteroatoms. The molecular formula is C7H10N4O3. The number of aldehydes is 1. The Balaban J connectivity index is 3.31. The molecule has 0 spiro atoms. The van der Waals surface area contributed by atoms with Gasteiger partial charge in [-0.2, -0.15) is 0 Å². The highest BCUT2D eigenvalue weighted by atomic mass is 16.2. The van der Waals surface area contributed by atoms with Crippen LogP contribution in [0.2, 0.25) is 0 Å². The number of imidazole rings is 1. The monoisotopic (exact) mass is 198 g/mol. The molecule has 0 saturated heterocycles. The fourth-order valence-corrected chi connectivity index (χ4v) is 1.10. The van der Waals surface area contributed by atoms with Gasteiger partial charge in [-0.3, -0.25) is 14.3 Å². The average Bonchev–Trinajstić information content (AvgIpc) is 2.42. The second-order valence-corrected chi connectivity index (χ2v) is 2.55. The largest absolute Gasteiger partial charge is 0.383 e. The van der Waals surface area contributed by atoms with E-state index in [4.69, 9.17) is 5.73 Å². The summed E-state index contributed by atoms with van der Waals surface area (Å²) < 4.78 is 0.973. The van der Waals surface area contributed by atoms with E-state index in [1.165, 1.54) is 7.05 Å². The van der Waals surface area contributed by atoms with E-state index in [1.54, 1.807) is 0 Å².